The minimum absolute atomic E-state index is 0.350. The van der Waals surface area contributed by atoms with E-state index >= 15 is 0 Å². The van der Waals surface area contributed by atoms with Crippen LogP contribution in [0, 0.1) is 5.92 Å². The van der Waals surface area contributed by atoms with Crippen LogP contribution in [0.3, 0.4) is 0 Å². The van der Waals surface area contributed by atoms with Crippen molar-refractivity contribution in [2.24, 2.45) is 5.92 Å². The van der Waals surface area contributed by atoms with Crippen molar-refractivity contribution in [1.29, 1.82) is 0 Å². The highest BCUT2D eigenvalue weighted by Gasteiger charge is 2.30. The summed E-state index contributed by atoms with van der Waals surface area (Å²) < 4.78 is 24.9. The molecular formula is C17H28N2O2S. The van der Waals surface area contributed by atoms with Crippen molar-refractivity contribution in [3.05, 3.63) is 35.9 Å². The van der Waals surface area contributed by atoms with E-state index < -0.39 is 10.0 Å². The van der Waals surface area contributed by atoms with E-state index in [1.165, 1.54) is 11.8 Å². The van der Waals surface area contributed by atoms with Gasteiger partial charge in [0.15, 0.2) is 0 Å². The van der Waals surface area contributed by atoms with Crippen molar-refractivity contribution in [3.8, 4) is 0 Å². The highest BCUT2D eigenvalue weighted by atomic mass is 32.2. The van der Waals surface area contributed by atoms with Crippen molar-refractivity contribution in [2.75, 3.05) is 19.3 Å². The summed E-state index contributed by atoms with van der Waals surface area (Å²) in [6.45, 7) is 5.62. The lowest BCUT2D eigenvalue weighted by atomic mass is 9.94. The molecule has 1 heterocycles. The Labute approximate surface area is 135 Å². The molecule has 0 radical (unpaired) electrons. The molecule has 1 fully saturated rings. The van der Waals surface area contributed by atoms with E-state index in [-0.39, 0.29) is 0 Å². The van der Waals surface area contributed by atoms with Gasteiger partial charge >= 0.3 is 0 Å². The van der Waals surface area contributed by atoms with Gasteiger partial charge in [-0.3, -0.25) is 0 Å². The van der Waals surface area contributed by atoms with Crippen LogP contribution >= 0.6 is 0 Å². The normalized spacial score (nSPS) is 25.0. The minimum Gasteiger partial charge on any atom is -0.311 e. The number of rotatable bonds is 6. The smallest absolute Gasteiger partial charge is 0.211 e. The second kappa shape index (κ2) is 7.57. The molecule has 1 aliphatic heterocycles. The van der Waals surface area contributed by atoms with Crippen LogP contribution in [0.4, 0.5) is 0 Å². The fraction of sp³-hybridized carbons (Fsp3) is 0.647. The van der Waals surface area contributed by atoms with E-state index in [9.17, 15) is 8.42 Å². The molecule has 124 valence electrons. The average Bonchev–Trinajstić information content (AvgIpc) is 2.47. The second-order valence-electron chi connectivity index (χ2n) is 6.59. The molecule has 1 saturated heterocycles. The topological polar surface area (TPSA) is 49.4 Å². The largest absolute Gasteiger partial charge is 0.311 e. The highest BCUT2D eigenvalue weighted by molar-refractivity contribution is 7.88. The summed E-state index contributed by atoms with van der Waals surface area (Å²) >= 11 is 0. The summed E-state index contributed by atoms with van der Waals surface area (Å²) in [5.41, 5.74) is 1.37. The van der Waals surface area contributed by atoms with Crippen LogP contribution in [0.15, 0.2) is 30.3 Å². The van der Waals surface area contributed by atoms with Crippen LogP contribution < -0.4 is 5.32 Å². The van der Waals surface area contributed by atoms with Gasteiger partial charge < -0.3 is 5.32 Å². The number of sulfonamides is 1. The zero-order chi connectivity index (χ0) is 16.2. The first-order valence-electron chi connectivity index (χ1n) is 8.11. The predicted molar refractivity (Wildman–Crippen MR) is 91.3 cm³/mol. The number of aryl methyl sites for hydroxylation is 1. The van der Waals surface area contributed by atoms with Crippen LogP contribution in [0.1, 0.15) is 32.3 Å². The number of hydrogen-bond acceptors (Lipinski definition) is 3. The van der Waals surface area contributed by atoms with Crippen molar-refractivity contribution in [2.45, 2.75) is 45.2 Å². The number of nitrogens with zero attached hydrogens (tertiary/aromatic N) is 1. The van der Waals surface area contributed by atoms with Crippen LogP contribution in [-0.2, 0) is 16.4 Å². The summed E-state index contributed by atoms with van der Waals surface area (Å²) in [5.74, 6) is 0.350. The Kier molecular flexibility index (Phi) is 6.01. The zero-order valence-electron chi connectivity index (χ0n) is 13.8. The first kappa shape index (κ1) is 17.4. The lowest BCUT2D eigenvalue weighted by Crippen LogP contribution is -2.51. The van der Waals surface area contributed by atoms with Crippen LogP contribution in [0.5, 0.6) is 0 Å². The summed E-state index contributed by atoms with van der Waals surface area (Å²) in [6, 6.07) is 11.4. The molecule has 0 amide bonds. The van der Waals surface area contributed by atoms with Gasteiger partial charge in [0.05, 0.1) is 6.26 Å². The van der Waals surface area contributed by atoms with E-state index in [4.69, 9.17) is 0 Å². The highest BCUT2D eigenvalue weighted by Crippen LogP contribution is 2.20. The van der Waals surface area contributed by atoms with Gasteiger partial charge in [0, 0.05) is 25.2 Å². The minimum atomic E-state index is -3.05. The second-order valence-corrected chi connectivity index (χ2v) is 8.57. The molecule has 1 N–H and O–H groups in total. The lowest BCUT2D eigenvalue weighted by molar-refractivity contribution is 0.208. The first-order valence-corrected chi connectivity index (χ1v) is 9.96. The van der Waals surface area contributed by atoms with Crippen molar-refractivity contribution < 1.29 is 8.42 Å². The molecule has 0 saturated carbocycles. The molecule has 0 spiro atoms. The average molecular weight is 324 g/mol. The van der Waals surface area contributed by atoms with Gasteiger partial charge in [0.25, 0.3) is 0 Å². The van der Waals surface area contributed by atoms with Crippen molar-refractivity contribution in [1.82, 2.24) is 9.62 Å². The quantitative estimate of drug-likeness (QED) is 0.873. The number of hydrogen-bond donors (Lipinski definition) is 1. The maximum absolute atomic E-state index is 11.6. The molecule has 0 aromatic heterocycles. The number of benzene rings is 1. The molecule has 0 aliphatic carbocycles. The van der Waals surface area contributed by atoms with Gasteiger partial charge in [-0.2, -0.15) is 0 Å². The Hall–Kier alpha value is -0.910. The number of nitrogens with one attached hydrogen (secondary N) is 1. The lowest BCUT2D eigenvalue weighted by Gasteiger charge is -2.37. The molecule has 1 aromatic carbocycles. The summed E-state index contributed by atoms with van der Waals surface area (Å²) in [5, 5.41) is 3.69. The van der Waals surface area contributed by atoms with Crippen LogP contribution in [0.25, 0.3) is 0 Å². The zero-order valence-corrected chi connectivity index (χ0v) is 14.6. The van der Waals surface area contributed by atoms with E-state index in [1.54, 1.807) is 4.31 Å². The Morgan fingerprint density at radius 1 is 1.32 bits per heavy atom. The van der Waals surface area contributed by atoms with E-state index in [0.717, 1.165) is 19.3 Å². The van der Waals surface area contributed by atoms with Gasteiger partial charge in [-0.25, -0.2) is 12.7 Å². The fourth-order valence-corrected chi connectivity index (χ4v) is 4.08. The number of piperidine rings is 1. The van der Waals surface area contributed by atoms with Crippen molar-refractivity contribution in [3.63, 3.8) is 0 Å². The standard InChI is InChI=1S/C17H28N2O2S/c1-14-13-19(22(3,20)21)12-11-17(14)18-15(2)9-10-16-7-5-4-6-8-16/h4-8,14-15,17-18H,9-13H2,1-3H3/t14-,15+,17-/m0/s1. The van der Waals surface area contributed by atoms with Gasteiger partial charge in [-0.05, 0) is 37.7 Å². The maximum Gasteiger partial charge on any atom is 0.211 e. The van der Waals surface area contributed by atoms with Crippen LogP contribution in [0.2, 0.25) is 0 Å². The van der Waals surface area contributed by atoms with Gasteiger partial charge in [0.1, 0.15) is 0 Å². The third-order valence-electron chi connectivity index (χ3n) is 4.54. The summed E-state index contributed by atoms with van der Waals surface area (Å²) in [6.07, 6.45) is 4.37. The predicted octanol–water partition coefficient (Wildman–Crippen LogP) is 2.27. The Balaban J connectivity index is 1.79. The molecule has 5 heteroatoms. The molecule has 0 bridgehead atoms. The van der Waals surface area contributed by atoms with E-state index in [0.29, 0.717) is 31.1 Å². The molecule has 22 heavy (non-hydrogen) atoms. The van der Waals surface area contributed by atoms with Gasteiger partial charge in [-0.15, -0.1) is 0 Å². The van der Waals surface area contributed by atoms with Gasteiger partial charge in [-0.1, -0.05) is 37.3 Å². The SMILES string of the molecule is C[C@H](CCc1ccccc1)N[C@H]1CCN(S(C)(=O)=O)C[C@@H]1C. The fourth-order valence-electron chi connectivity index (χ4n) is 3.13. The van der Waals surface area contributed by atoms with Crippen LogP contribution in [-0.4, -0.2) is 44.2 Å². The van der Waals surface area contributed by atoms with E-state index in [1.807, 2.05) is 6.07 Å². The third kappa shape index (κ3) is 5.07. The Morgan fingerprint density at radius 3 is 2.59 bits per heavy atom. The molecule has 2 rings (SSSR count). The van der Waals surface area contributed by atoms with Gasteiger partial charge in [0.2, 0.25) is 10.0 Å². The van der Waals surface area contributed by atoms with Crippen molar-refractivity contribution >= 4 is 10.0 Å². The first-order chi connectivity index (χ1) is 10.4. The summed E-state index contributed by atoms with van der Waals surface area (Å²) in [7, 11) is -3.05. The molecular weight excluding hydrogens is 296 g/mol. The third-order valence-corrected chi connectivity index (χ3v) is 5.81. The molecule has 1 aromatic rings. The van der Waals surface area contributed by atoms with E-state index in [2.05, 4.69) is 43.4 Å². The Bertz CT molecular complexity index is 559. The maximum atomic E-state index is 11.6. The molecule has 1 aliphatic rings. The molecule has 0 unspecified atom stereocenters. The molecule has 3 atom stereocenters. The molecule has 4 nitrogen and oxygen atoms in total. The monoisotopic (exact) mass is 324 g/mol. The summed E-state index contributed by atoms with van der Waals surface area (Å²) in [4.78, 5) is 0. The Morgan fingerprint density at radius 2 is 2.00 bits per heavy atom.